The average Bonchev–Trinajstić information content (AvgIpc) is 2.03. The Kier molecular flexibility index (Phi) is 4.57. The van der Waals surface area contributed by atoms with Crippen molar-refractivity contribution in [1.29, 1.82) is 0 Å². The van der Waals surface area contributed by atoms with Gasteiger partial charge in [0, 0.05) is 20.5 Å². The third-order valence-corrected chi connectivity index (χ3v) is 4.12. The second-order valence-electron chi connectivity index (χ2n) is 1.97. The van der Waals surface area contributed by atoms with E-state index < -0.39 is 0 Å². The first-order valence-electron chi connectivity index (χ1n) is 3.28. The van der Waals surface area contributed by atoms with Gasteiger partial charge in [-0.3, -0.25) is 0 Å². The Morgan fingerprint density at radius 1 is 1.27 bits per heavy atom. The molecule has 0 N–H and O–H groups in total. The quantitative estimate of drug-likeness (QED) is 0.601. The van der Waals surface area contributed by atoms with Crippen molar-refractivity contribution in [3.63, 3.8) is 0 Å². The van der Waals surface area contributed by atoms with Gasteiger partial charge in [-0.15, -0.1) is 11.8 Å². The molecule has 0 radical (unpaired) electrons. The van der Waals surface area contributed by atoms with E-state index in [1.165, 1.54) is 9.37 Å². The second-order valence-corrected chi connectivity index (χ2v) is 4.75. The van der Waals surface area contributed by atoms with Gasteiger partial charge >= 0.3 is 0 Å². The highest BCUT2D eigenvalue weighted by molar-refractivity contribution is 9.10. The number of alkyl halides is 1. The highest BCUT2D eigenvalue weighted by Crippen LogP contribution is 2.26. The Morgan fingerprint density at radius 3 is 2.64 bits per heavy atom. The van der Waals surface area contributed by atoms with Crippen LogP contribution in [0, 0.1) is 0 Å². The zero-order chi connectivity index (χ0) is 8.10. The summed E-state index contributed by atoms with van der Waals surface area (Å²) in [5.74, 6) is 1.11. The molecule has 0 aromatic heterocycles. The van der Waals surface area contributed by atoms with E-state index in [-0.39, 0.29) is 0 Å². The van der Waals surface area contributed by atoms with Crippen molar-refractivity contribution in [3.05, 3.63) is 28.7 Å². The van der Waals surface area contributed by atoms with Gasteiger partial charge < -0.3 is 0 Å². The van der Waals surface area contributed by atoms with E-state index in [4.69, 9.17) is 0 Å². The molecule has 0 saturated heterocycles. The van der Waals surface area contributed by atoms with Gasteiger partial charge in [0.25, 0.3) is 0 Å². The lowest BCUT2D eigenvalue weighted by atomic mass is 10.4. The summed E-state index contributed by atoms with van der Waals surface area (Å²) in [4.78, 5) is 1.31. The highest BCUT2D eigenvalue weighted by Gasteiger charge is 1.96. The van der Waals surface area contributed by atoms with Crippen LogP contribution in [-0.2, 0) is 0 Å². The molecule has 1 aromatic carbocycles. The first-order chi connectivity index (χ1) is 5.34. The lowest BCUT2D eigenvalue weighted by molar-refractivity contribution is 1.39. The summed E-state index contributed by atoms with van der Waals surface area (Å²) in [6, 6.07) is 8.28. The number of hydrogen-bond donors (Lipinski definition) is 0. The molecule has 1 aromatic rings. The largest absolute Gasteiger partial charge is 0.124 e. The van der Waals surface area contributed by atoms with Crippen LogP contribution in [0.3, 0.4) is 0 Å². The third kappa shape index (κ3) is 3.18. The summed E-state index contributed by atoms with van der Waals surface area (Å²) >= 11 is 8.74. The molecule has 0 aliphatic heterocycles. The lowest BCUT2D eigenvalue weighted by Gasteiger charge is -2.00. The van der Waals surface area contributed by atoms with Gasteiger partial charge in [-0.2, -0.15) is 0 Å². The maximum atomic E-state index is 3.49. The van der Waals surface area contributed by atoms with E-state index in [0.717, 1.165) is 11.1 Å². The van der Waals surface area contributed by atoms with E-state index in [1.54, 1.807) is 0 Å². The predicted molar refractivity (Wildman–Crippen MR) is 58.7 cm³/mol. The second kappa shape index (κ2) is 5.22. The van der Waals surface area contributed by atoms with Gasteiger partial charge in [0.15, 0.2) is 0 Å². The monoisotopic (exact) mass is 294 g/mol. The molecule has 0 saturated carbocycles. The molecule has 11 heavy (non-hydrogen) atoms. The molecular weight excluding hydrogens is 288 g/mol. The van der Waals surface area contributed by atoms with E-state index in [1.807, 2.05) is 17.8 Å². The van der Waals surface area contributed by atoms with Crippen molar-refractivity contribution in [2.75, 3.05) is 11.1 Å². The van der Waals surface area contributed by atoms with Gasteiger partial charge in [-0.05, 0) is 28.1 Å². The maximum Gasteiger partial charge on any atom is 0.0311 e. The fraction of sp³-hybridized carbons (Fsp3) is 0.250. The topological polar surface area (TPSA) is 0 Å². The molecule has 0 fully saturated rings. The zero-order valence-electron chi connectivity index (χ0n) is 5.89. The Labute approximate surface area is 88.0 Å². The molecular formula is C8H8Br2S. The van der Waals surface area contributed by atoms with E-state index in [2.05, 4.69) is 50.1 Å². The first-order valence-corrected chi connectivity index (χ1v) is 6.18. The van der Waals surface area contributed by atoms with Crippen LogP contribution in [0.5, 0.6) is 0 Å². The summed E-state index contributed by atoms with van der Waals surface area (Å²) in [5, 5.41) is 1.04. The molecule has 0 nitrogen and oxygen atoms in total. The molecule has 0 amide bonds. The Bertz CT molecular complexity index is 225. The molecule has 0 atom stereocenters. The fourth-order valence-corrected chi connectivity index (χ4v) is 2.50. The van der Waals surface area contributed by atoms with Crippen molar-refractivity contribution >= 4 is 43.6 Å². The molecule has 0 spiro atoms. The standard InChI is InChI=1S/C8H8Br2S/c9-5-6-11-8-4-2-1-3-7(8)10/h1-4H,5-6H2. The van der Waals surface area contributed by atoms with Crippen molar-refractivity contribution in [2.45, 2.75) is 4.90 Å². The maximum absolute atomic E-state index is 3.49. The van der Waals surface area contributed by atoms with Gasteiger partial charge in [0.05, 0.1) is 0 Å². The molecule has 0 aliphatic rings. The van der Waals surface area contributed by atoms with Crippen molar-refractivity contribution in [3.8, 4) is 0 Å². The minimum absolute atomic E-state index is 1.04. The molecule has 0 heterocycles. The van der Waals surface area contributed by atoms with Gasteiger partial charge in [0.1, 0.15) is 0 Å². The lowest BCUT2D eigenvalue weighted by Crippen LogP contribution is -1.79. The van der Waals surface area contributed by atoms with Gasteiger partial charge in [-0.1, -0.05) is 28.1 Å². The molecule has 1 rings (SSSR count). The van der Waals surface area contributed by atoms with Crippen LogP contribution in [0.15, 0.2) is 33.6 Å². The van der Waals surface area contributed by atoms with Crippen LogP contribution < -0.4 is 0 Å². The Morgan fingerprint density at radius 2 is 2.00 bits per heavy atom. The summed E-state index contributed by atoms with van der Waals surface area (Å²) < 4.78 is 1.19. The summed E-state index contributed by atoms with van der Waals surface area (Å²) in [6.07, 6.45) is 0. The SMILES string of the molecule is BrCCSc1ccccc1Br. The van der Waals surface area contributed by atoms with Crippen LogP contribution in [0.25, 0.3) is 0 Å². The summed E-state index contributed by atoms with van der Waals surface area (Å²) in [6.45, 7) is 0. The molecule has 0 unspecified atom stereocenters. The number of hydrogen-bond acceptors (Lipinski definition) is 1. The van der Waals surface area contributed by atoms with Gasteiger partial charge in [0.2, 0.25) is 0 Å². The number of thioether (sulfide) groups is 1. The zero-order valence-corrected chi connectivity index (χ0v) is 9.88. The minimum atomic E-state index is 1.04. The van der Waals surface area contributed by atoms with E-state index in [9.17, 15) is 0 Å². The Hall–Kier alpha value is 0.530. The number of rotatable bonds is 3. The normalized spacial score (nSPS) is 10.0. The van der Waals surface area contributed by atoms with Gasteiger partial charge in [-0.25, -0.2) is 0 Å². The minimum Gasteiger partial charge on any atom is -0.124 e. The average molecular weight is 296 g/mol. The van der Waals surface area contributed by atoms with Crippen molar-refractivity contribution in [1.82, 2.24) is 0 Å². The highest BCUT2D eigenvalue weighted by atomic mass is 79.9. The Balaban J connectivity index is 2.62. The number of halogens is 2. The van der Waals surface area contributed by atoms with Crippen molar-refractivity contribution in [2.24, 2.45) is 0 Å². The molecule has 0 aliphatic carbocycles. The van der Waals surface area contributed by atoms with E-state index >= 15 is 0 Å². The third-order valence-electron chi connectivity index (χ3n) is 1.17. The first kappa shape index (κ1) is 9.62. The molecule has 60 valence electrons. The van der Waals surface area contributed by atoms with Crippen LogP contribution >= 0.6 is 43.6 Å². The molecule has 3 heteroatoms. The van der Waals surface area contributed by atoms with Crippen molar-refractivity contribution < 1.29 is 0 Å². The fourth-order valence-electron chi connectivity index (χ4n) is 0.710. The molecule has 0 bridgehead atoms. The summed E-state index contributed by atoms with van der Waals surface area (Å²) in [7, 11) is 0. The predicted octanol–water partition coefficient (Wildman–Crippen LogP) is 3.94. The van der Waals surface area contributed by atoms with Crippen LogP contribution in [0.2, 0.25) is 0 Å². The smallest absolute Gasteiger partial charge is 0.0311 e. The van der Waals surface area contributed by atoms with E-state index in [0.29, 0.717) is 0 Å². The van der Waals surface area contributed by atoms with Crippen LogP contribution in [0.1, 0.15) is 0 Å². The van der Waals surface area contributed by atoms with Crippen LogP contribution in [-0.4, -0.2) is 11.1 Å². The number of benzene rings is 1. The van der Waals surface area contributed by atoms with Crippen LogP contribution in [0.4, 0.5) is 0 Å². The summed E-state index contributed by atoms with van der Waals surface area (Å²) in [5.41, 5.74) is 0.